The largest absolute Gasteiger partial charge is 0.375 e. The van der Waals surface area contributed by atoms with Crippen LogP contribution in [0.3, 0.4) is 0 Å². The third-order valence-electron chi connectivity index (χ3n) is 5.16. The highest BCUT2D eigenvalue weighted by molar-refractivity contribution is 6.00. The summed E-state index contributed by atoms with van der Waals surface area (Å²) in [4.78, 5) is 36.3. The zero-order chi connectivity index (χ0) is 18.3. The lowest BCUT2D eigenvalue weighted by Crippen LogP contribution is -2.48. The summed E-state index contributed by atoms with van der Waals surface area (Å²) < 4.78 is 8.80. The fourth-order valence-corrected chi connectivity index (χ4v) is 3.52. The van der Waals surface area contributed by atoms with Crippen molar-refractivity contribution >= 4 is 35.3 Å². The van der Waals surface area contributed by atoms with Crippen LogP contribution in [0.1, 0.15) is 24.4 Å². The van der Waals surface area contributed by atoms with E-state index in [0.717, 1.165) is 30.6 Å². The van der Waals surface area contributed by atoms with Gasteiger partial charge in [0.2, 0.25) is 11.8 Å². The number of carbonyl (C=O) groups is 2. The Kier molecular flexibility index (Phi) is 5.69. The molecule has 2 fully saturated rings. The lowest BCUT2D eigenvalue weighted by Gasteiger charge is -2.27. The van der Waals surface area contributed by atoms with Crippen LogP contribution in [-0.4, -0.2) is 46.7 Å². The van der Waals surface area contributed by atoms with Gasteiger partial charge in [0.05, 0.1) is 23.7 Å². The molecule has 2 aromatic rings. The van der Waals surface area contributed by atoms with E-state index in [2.05, 4.69) is 10.6 Å². The molecule has 2 aliphatic rings. The molecule has 1 atom stereocenters. The number of carbonyl (C=O) groups excluding carboxylic acids is 2. The van der Waals surface area contributed by atoms with Gasteiger partial charge >= 0.3 is 5.69 Å². The van der Waals surface area contributed by atoms with Crippen LogP contribution in [0.15, 0.2) is 23.0 Å². The first kappa shape index (κ1) is 19.6. The molecule has 3 heterocycles. The Morgan fingerprint density at radius 3 is 2.63 bits per heavy atom. The molecule has 1 aromatic heterocycles. The van der Waals surface area contributed by atoms with E-state index in [1.54, 1.807) is 11.6 Å². The molecule has 27 heavy (non-hydrogen) atoms. The van der Waals surface area contributed by atoms with Crippen molar-refractivity contribution in [1.29, 1.82) is 0 Å². The van der Waals surface area contributed by atoms with Crippen molar-refractivity contribution in [2.45, 2.75) is 31.4 Å². The summed E-state index contributed by atoms with van der Waals surface area (Å²) in [6, 6.07) is 5.17. The standard InChI is InChI=1S/C18H22N4O4.ClH/c1-21-15-8-11(6-7-26-12-9-19-10-12)2-3-13(15)22(18(21)25)14-4-5-16(23)20-17(14)24;/h2-3,8,12,14,19H,4-7,9-10H2,1H3,(H,20,23,24);1H. The van der Waals surface area contributed by atoms with Crippen molar-refractivity contribution in [3.63, 3.8) is 0 Å². The lowest BCUT2D eigenvalue weighted by atomic mass is 10.1. The summed E-state index contributed by atoms with van der Waals surface area (Å²) in [5.41, 5.74) is 2.33. The average Bonchev–Trinajstić information content (AvgIpc) is 2.82. The van der Waals surface area contributed by atoms with Gasteiger partial charge in [0.25, 0.3) is 0 Å². The number of ether oxygens (including phenoxy) is 1. The second kappa shape index (κ2) is 7.84. The highest BCUT2D eigenvalue weighted by atomic mass is 35.5. The molecule has 0 aliphatic carbocycles. The molecule has 146 valence electrons. The summed E-state index contributed by atoms with van der Waals surface area (Å²) in [5, 5.41) is 5.49. The minimum atomic E-state index is -0.649. The highest BCUT2D eigenvalue weighted by Gasteiger charge is 2.31. The van der Waals surface area contributed by atoms with E-state index in [1.165, 1.54) is 4.57 Å². The van der Waals surface area contributed by atoms with E-state index in [-0.39, 0.29) is 30.4 Å². The molecule has 8 nitrogen and oxygen atoms in total. The van der Waals surface area contributed by atoms with Crippen molar-refractivity contribution in [3.8, 4) is 0 Å². The normalized spacial score (nSPS) is 20.3. The van der Waals surface area contributed by atoms with Gasteiger partial charge in [-0.05, 0) is 30.5 Å². The molecule has 4 rings (SSSR count). The van der Waals surface area contributed by atoms with E-state index in [4.69, 9.17) is 4.74 Å². The molecule has 2 N–H and O–H groups in total. The Morgan fingerprint density at radius 2 is 1.96 bits per heavy atom. The Labute approximate surface area is 162 Å². The molecule has 0 saturated carbocycles. The number of nitrogens with zero attached hydrogens (tertiary/aromatic N) is 2. The number of imide groups is 1. The fraction of sp³-hybridized carbons (Fsp3) is 0.500. The van der Waals surface area contributed by atoms with Crippen LogP contribution in [0.25, 0.3) is 11.0 Å². The molecular weight excluding hydrogens is 372 g/mol. The van der Waals surface area contributed by atoms with Gasteiger partial charge in [0.15, 0.2) is 0 Å². The summed E-state index contributed by atoms with van der Waals surface area (Å²) in [6.45, 7) is 2.45. The number of hydrogen-bond acceptors (Lipinski definition) is 5. The van der Waals surface area contributed by atoms with Crippen molar-refractivity contribution in [2.75, 3.05) is 19.7 Å². The van der Waals surface area contributed by atoms with Gasteiger partial charge in [-0.25, -0.2) is 4.79 Å². The SMILES string of the molecule is Cl.Cn1c(=O)n(C2CCC(=O)NC2=O)c2ccc(CCOC3CNC3)cc21. The third-order valence-corrected chi connectivity index (χ3v) is 5.16. The van der Waals surface area contributed by atoms with E-state index < -0.39 is 11.9 Å². The summed E-state index contributed by atoms with van der Waals surface area (Å²) in [5.74, 6) is -0.703. The number of piperidine rings is 1. The molecule has 1 aromatic carbocycles. The number of aromatic nitrogens is 2. The third kappa shape index (κ3) is 3.65. The molecule has 9 heteroatoms. The molecular formula is C18H23ClN4O4. The zero-order valence-corrected chi connectivity index (χ0v) is 15.9. The maximum Gasteiger partial charge on any atom is 0.329 e. The lowest BCUT2D eigenvalue weighted by molar-refractivity contribution is -0.135. The smallest absolute Gasteiger partial charge is 0.329 e. The first-order valence-electron chi connectivity index (χ1n) is 8.90. The summed E-state index contributed by atoms with van der Waals surface area (Å²) in [7, 11) is 1.70. The fourth-order valence-electron chi connectivity index (χ4n) is 3.52. The zero-order valence-electron chi connectivity index (χ0n) is 15.1. The van der Waals surface area contributed by atoms with Crippen molar-refractivity contribution < 1.29 is 14.3 Å². The number of imidazole rings is 1. The van der Waals surface area contributed by atoms with E-state index in [0.29, 0.717) is 24.6 Å². The van der Waals surface area contributed by atoms with Crippen LogP contribution in [0, 0.1) is 0 Å². The second-order valence-corrected chi connectivity index (χ2v) is 6.90. The van der Waals surface area contributed by atoms with E-state index in [1.807, 2.05) is 18.2 Å². The van der Waals surface area contributed by atoms with Gasteiger partial charge < -0.3 is 10.1 Å². The number of benzene rings is 1. The molecule has 2 saturated heterocycles. The summed E-state index contributed by atoms with van der Waals surface area (Å²) in [6.07, 6.45) is 1.65. The highest BCUT2D eigenvalue weighted by Crippen LogP contribution is 2.23. The second-order valence-electron chi connectivity index (χ2n) is 6.90. The Balaban J connectivity index is 0.00000210. The van der Waals surface area contributed by atoms with Gasteiger partial charge in [0.1, 0.15) is 6.04 Å². The Morgan fingerprint density at radius 1 is 1.19 bits per heavy atom. The van der Waals surface area contributed by atoms with Crippen LogP contribution < -0.4 is 16.3 Å². The summed E-state index contributed by atoms with van der Waals surface area (Å²) >= 11 is 0. The number of rotatable bonds is 5. The quantitative estimate of drug-likeness (QED) is 0.710. The number of hydrogen-bond donors (Lipinski definition) is 2. The maximum absolute atomic E-state index is 12.7. The topological polar surface area (TPSA) is 94.4 Å². The first-order valence-corrected chi connectivity index (χ1v) is 8.90. The van der Waals surface area contributed by atoms with Crippen LogP contribution in [0.2, 0.25) is 0 Å². The number of nitrogens with one attached hydrogen (secondary N) is 2. The molecule has 1 unspecified atom stereocenters. The molecule has 0 spiro atoms. The van der Waals surface area contributed by atoms with Crippen LogP contribution in [0.5, 0.6) is 0 Å². The minimum absolute atomic E-state index is 0. The molecule has 0 radical (unpaired) electrons. The van der Waals surface area contributed by atoms with Crippen LogP contribution in [0.4, 0.5) is 0 Å². The molecule has 0 bridgehead atoms. The monoisotopic (exact) mass is 394 g/mol. The van der Waals surface area contributed by atoms with E-state index >= 15 is 0 Å². The van der Waals surface area contributed by atoms with Gasteiger partial charge in [-0.15, -0.1) is 12.4 Å². The molecule has 2 aliphatic heterocycles. The Hall–Kier alpha value is -2.16. The van der Waals surface area contributed by atoms with E-state index in [9.17, 15) is 14.4 Å². The maximum atomic E-state index is 12.7. The molecule has 2 amide bonds. The number of aryl methyl sites for hydroxylation is 1. The van der Waals surface area contributed by atoms with Gasteiger partial charge in [-0.1, -0.05) is 6.07 Å². The number of fused-ring (bicyclic) bond motifs is 1. The number of halogens is 1. The van der Waals surface area contributed by atoms with Crippen molar-refractivity contribution in [2.24, 2.45) is 7.05 Å². The van der Waals surface area contributed by atoms with Gasteiger partial charge in [-0.3, -0.25) is 24.0 Å². The first-order chi connectivity index (χ1) is 12.5. The minimum Gasteiger partial charge on any atom is -0.375 e. The van der Waals surface area contributed by atoms with Crippen molar-refractivity contribution in [1.82, 2.24) is 19.8 Å². The van der Waals surface area contributed by atoms with Crippen LogP contribution in [-0.2, 0) is 27.8 Å². The van der Waals surface area contributed by atoms with Gasteiger partial charge in [-0.2, -0.15) is 0 Å². The predicted octanol–water partition coefficient (Wildman–Crippen LogP) is 0.270. The number of amides is 2. The Bertz CT molecular complexity index is 931. The van der Waals surface area contributed by atoms with Gasteiger partial charge in [0, 0.05) is 26.6 Å². The average molecular weight is 395 g/mol. The predicted molar refractivity (Wildman–Crippen MR) is 102 cm³/mol. The van der Waals surface area contributed by atoms with Crippen LogP contribution >= 0.6 is 12.4 Å². The van der Waals surface area contributed by atoms with Crippen molar-refractivity contribution in [3.05, 3.63) is 34.2 Å².